The van der Waals surface area contributed by atoms with E-state index in [2.05, 4.69) is 16.6 Å². The molecule has 2 N–H and O–H groups in total. The molecule has 0 bridgehead atoms. The van der Waals surface area contributed by atoms with E-state index < -0.39 is 15.9 Å². The van der Waals surface area contributed by atoms with Crippen LogP contribution in [0.2, 0.25) is 10.0 Å². The monoisotopic (exact) mass is 384 g/mol. The van der Waals surface area contributed by atoms with E-state index in [-0.39, 0.29) is 22.0 Å². The van der Waals surface area contributed by atoms with Gasteiger partial charge in [0, 0.05) is 22.8 Å². The fraction of sp³-hybridized carbons (Fsp3) is 0.0625. The molecule has 5 nitrogen and oxygen atoms in total. The minimum Gasteiger partial charge on any atom is -0.322 e. The summed E-state index contributed by atoms with van der Waals surface area (Å²) in [5, 5.41) is 3.13. The summed E-state index contributed by atoms with van der Waals surface area (Å²) in [6.07, 6.45) is 1.40. The molecule has 126 valence electrons. The van der Waals surface area contributed by atoms with E-state index in [1.165, 1.54) is 24.3 Å². The van der Waals surface area contributed by atoms with Crippen LogP contribution in [0.3, 0.4) is 0 Å². The van der Waals surface area contributed by atoms with Gasteiger partial charge in [0.2, 0.25) is 10.0 Å². The van der Waals surface area contributed by atoms with Crippen LogP contribution >= 0.6 is 23.2 Å². The number of sulfonamides is 1. The smallest absolute Gasteiger partial charge is 0.255 e. The Bertz CT molecular complexity index is 883. The first-order chi connectivity index (χ1) is 11.3. The van der Waals surface area contributed by atoms with E-state index in [0.29, 0.717) is 10.7 Å². The molecule has 0 spiro atoms. The topological polar surface area (TPSA) is 75.3 Å². The van der Waals surface area contributed by atoms with E-state index in [0.717, 1.165) is 0 Å². The van der Waals surface area contributed by atoms with Crippen LogP contribution in [0.1, 0.15) is 10.4 Å². The van der Waals surface area contributed by atoms with Crippen molar-refractivity contribution < 1.29 is 13.2 Å². The molecule has 0 fully saturated rings. The van der Waals surface area contributed by atoms with Crippen molar-refractivity contribution in [3.05, 3.63) is 70.7 Å². The summed E-state index contributed by atoms with van der Waals surface area (Å²) in [6.45, 7) is 3.50. The largest absolute Gasteiger partial charge is 0.322 e. The van der Waals surface area contributed by atoms with Gasteiger partial charge in [-0.2, -0.15) is 0 Å². The van der Waals surface area contributed by atoms with Crippen LogP contribution in [0, 0.1) is 0 Å². The Kier molecular flexibility index (Phi) is 6.01. The average Bonchev–Trinajstić information content (AvgIpc) is 2.53. The summed E-state index contributed by atoms with van der Waals surface area (Å²) in [7, 11) is -3.84. The lowest BCUT2D eigenvalue weighted by Crippen LogP contribution is -2.24. The summed E-state index contributed by atoms with van der Waals surface area (Å²) in [6, 6.07) is 10.6. The highest BCUT2D eigenvalue weighted by molar-refractivity contribution is 7.89. The second-order valence-corrected chi connectivity index (χ2v) is 7.33. The molecule has 0 aliphatic rings. The lowest BCUT2D eigenvalue weighted by atomic mass is 10.2. The first-order valence-electron chi connectivity index (χ1n) is 6.80. The lowest BCUT2D eigenvalue weighted by molar-refractivity contribution is 0.102. The van der Waals surface area contributed by atoms with E-state index in [1.807, 2.05) is 0 Å². The first-order valence-corrected chi connectivity index (χ1v) is 9.04. The Hall–Kier alpha value is -1.86. The van der Waals surface area contributed by atoms with Crippen LogP contribution in [0.4, 0.5) is 5.69 Å². The molecule has 0 heterocycles. The van der Waals surface area contributed by atoms with Gasteiger partial charge < -0.3 is 5.32 Å². The maximum Gasteiger partial charge on any atom is 0.255 e. The number of anilines is 1. The van der Waals surface area contributed by atoms with Crippen LogP contribution < -0.4 is 10.0 Å². The highest BCUT2D eigenvalue weighted by Gasteiger charge is 2.19. The standard InChI is InChI=1S/C16H14Cl2N2O3S/c1-2-8-19-24(22,23)15-9-11(6-7-14(15)18)16(21)20-13-5-3-4-12(17)10-13/h2-7,9-10,19H,1,8H2,(H,20,21). The first kappa shape index (κ1) is 18.5. The van der Waals surface area contributed by atoms with Gasteiger partial charge in [-0.05, 0) is 36.4 Å². The minimum absolute atomic E-state index is 0.0193. The Morgan fingerprint density at radius 1 is 1.17 bits per heavy atom. The molecule has 2 rings (SSSR count). The van der Waals surface area contributed by atoms with Gasteiger partial charge in [-0.3, -0.25) is 4.79 Å². The Morgan fingerprint density at radius 3 is 2.58 bits per heavy atom. The zero-order valence-electron chi connectivity index (χ0n) is 12.4. The molecular formula is C16H14Cl2N2O3S. The molecule has 2 aromatic rings. The number of amides is 1. The van der Waals surface area contributed by atoms with Crippen molar-refractivity contribution in [3.8, 4) is 0 Å². The molecule has 0 saturated carbocycles. The normalized spacial score (nSPS) is 11.1. The quantitative estimate of drug-likeness (QED) is 0.745. The summed E-state index contributed by atoms with van der Waals surface area (Å²) < 4.78 is 26.7. The molecule has 0 saturated heterocycles. The van der Waals surface area contributed by atoms with E-state index >= 15 is 0 Å². The van der Waals surface area contributed by atoms with Crippen molar-refractivity contribution in [2.75, 3.05) is 11.9 Å². The van der Waals surface area contributed by atoms with E-state index in [4.69, 9.17) is 23.2 Å². The molecule has 0 radical (unpaired) electrons. The average molecular weight is 385 g/mol. The Morgan fingerprint density at radius 2 is 1.92 bits per heavy atom. The van der Waals surface area contributed by atoms with Crippen molar-refractivity contribution in [2.45, 2.75) is 4.90 Å². The van der Waals surface area contributed by atoms with Gasteiger partial charge >= 0.3 is 0 Å². The minimum atomic E-state index is -3.84. The number of carbonyl (C=O) groups is 1. The predicted octanol–water partition coefficient (Wildman–Crippen LogP) is 3.71. The van der Waals surface area contributed by atoms with Gasteiger partial charge in [0.1, 0.15) is 4.90 Å². The van der Waals surface area contributed by atoms with Crippen LogP contribution in [0.15, 0.2) is 60.0 Å². The number of rotatable bonds is 6. The zero-order chi connectivity index (χ0) is 17.7. The van der Waals surface area contributed by atoms with Gasteiger partial charge in [-0.1, -0.05) is 35.3 Å². The number of benzene rings is 2. The van der Waals surface area contributed by atoms with E-state index in [1.54, 1.807) is 24.3 Å². The number of nitrogens with one attached hydrogen (secondary N) is 2. The second-order valence-electron chi connectivity index (χ2n) is 4.75. The fourth-order valence-electron chi connectivity index (χ4n) is 1.87. The van der Waals surface area contributed by atoms with Crippen molar-refractivity contribution >= 4 is 44.8 Å². The highest BCUT2D eigenvalue weighted by atomic mass is 35.5. The Balaban J connectivity index is 2.30. The summed E-state index contributed by atoms with van der Waals surface area (Å²) in [4.78, 5) is 12.1. The van der Waals surface area contributed by atoms with Crippen molar-refractivity contribution in [1.82, 2.24) is 4.72 Å². The summed E-state index contributed by atoms with van der Waals surface area (Å²) >= 11 is 11.8. The lowest BCUT2D eigenvalue weighted by Gasteiger charge is -2.10. The van der Waals surface area contributed by atoms with Crippen molar-refractivity contribution in [3.63, 3.8) is 0 Å². The van der Waals surface area contributed by atoms with Crippen LogP contribution in [-0.2, 0) is 10.0 Å². The zero-order valence-corrected chi connectivity index (χ0v) is 14.8. The molecule has 24 heavy (non-hydrogen) atoms. The van der Waals surface area contributed by atoms with Gasteiger partial charge in [0.15, 0.2) is 0 Å². The molecule has 0 aromatic heterocycles. The third-order valence-electron chi connectivity index (χ3n) is 2.98. The number of halogens is 2. The maximum absolute atomic E-state index is 12.3. The van der Waals surface area contributed by atoms with Crippen LogP contribution in [0.25, 0.3) is 0 Å². The predicted molar refractivity (Wildman–Crippen MR) is 96.2 cm³/mol. The summed E-state index contributed by atoms with van der Waals surface area (Å²) in [5.74, 6) is -0.478. The van der Waals surface area contributed by atoms with Gasteiger partial charge in [-0.15, -0.1) is 6.58 Å². The number of hydrogen-bond acceptors (Lipinski definition) is 3. The van der Waals surface area contributed by atoms with Crippen LogP contribution in [-0.4, -0.2) is 20.9 Å². The molecule has 2 aromatic carbocycles. The number of carbonyl (C=O) groups excluding carboxylic acids is 1. The molecule has 1 amide bonds. The van der Waals surface area contributed by atoms with Gasteiger partial charge in [0.05, 0.1) is 5.02 Å². The fourth-order valence-corrected chi connectivity index (χ4v) is 3.58. The van der Waals surface area contributed by atoms with Gasteiger partial charge in [0.25, 0.3) is 5.91 Å². The molecule has 8 heteroatoms. The van der Waals surface area contributed by atoms with E-state index in [9.17, 15) is 13.2 Å². The molecule has 0 unspecified atom stereocenters. The molecule has 0 aliphatic heterocycles. The van der Waals surface area contributed by atoms with Crippen molar-refractivity contribution in [1.29, 1.82) is 0 Å². The van der Waals surface area contributed by atoms with Gasteiger partial charge in [-0.25, -0.2) is 13.1 Å². The molecule has 0 aliphatic carbocycles. The molecular weight excluding hydrogens is 371 g/mol. The molecule has 0 atom stereocenters. The maximum atomic E-state index is 12.3. The van der Waals surface area contributed by atoms with Crippen LogP contribution in [0.5, 0.6) is 0 Å². The number of hydrogen-bond donors (Lipinski definition) is 2. The Labute approximate surface area is 150 Å². The second kappa shape index (κ2) is 7.81. The third-order valence-corrected chi connectivity index (χ3v) is 5.12. The van der Waals surface area contributed by atoms with Crippen molar-refractivity contribution in [2.24, 2.45) is 0 Å². The summed E-state index contributed by atoms with van der Waals surface area (Å²) in [5.41, 5.74) is 0.648. The third kappa shape index (κ3) is 4.58. The SMILES string of the molecule is C=CCNS(=O)(=O)c1cc(C(=O)Nc2cccc(Cl)c2)ccc1Cl. The highest BCUT2D eigenvalue weighted by Crippen LogP contribution is 2.23.